The van der Waals surface area contributed by atoms with Gasteiger partial charge in [-0.1, -0.05) is 43.7 Å². The summed E-state index contributed by atoms with van der Waals surface area (Å²) in [5.41, 5.74) is 5.12. The Morgan fingerprint density at radius 2 is 1.87 bits per heavy atom. The van der Waals surface area contributed by atoms with E-state index in [4.69, 9.17) is 5.11 Å². The van der Waals surface area contributed by atoms with E-state index in [9.17, 15) is 0 Å². The van der Waals surface area contributed by atoms with E-state index in [1.54, 1.807) is 6.08 Å². The molecule has 0 aliphatic heterocycles. The number of aliphatic hydroxyl groups is 1. The van der Waals surface area contributed by atoms with Gasteiger partial charge in [-0.15, -0.1) is 0 Å². The van der Waals surface area contributed by atoms with Crippen LogP contribution in [-0.4, -0.2) is 5.11 Å². The summed E-state index contributed by atoms with van der Waals surface area (Å²) in [6.45, 7) is 6.58. The van der Waals surface area contributed by atoms with Crippen molar-refractivity contribution in [2.45, 2.75) is 26.2 Å². The summed E-state index contributed by atoms with van der Waals surface area (Å²) in [5.74, 6) is 0. The zero-order valence-electron chi connectivity index (χ0n) is 9.41. The molecule has 15 heavy (non-hydrogen) atoms. The fraction of sp³-hybridized carbons (Fsp3) is 0.286. The summed E-state index contributed by atoms with van der Waals surface area (Å²) in [6.07, 6.45) is 2.90. The lowest BCUT2D eigenvalue weighted by Crippen LogP contribution is -2.15. The maximum absolute atomic E-state index is 8.93. The number of fused-ring (bicyclic) bond motifs is 1. The predicted octanol–water partition coefficient (Wildman–Crippen LogP) is 3.82. The van der Waals surface area contributed by atoms with Crippen LogP contribution in [0.5, 0.6) is 0 Å². The molecule has 1 aromatic carbocycles. The van der Waals surface area contributed by atoms with Crippen molar-refractivity contribution in [1.29, 1.82) is 0 Å². The summed E-state index contributed by atoms with van der Waals surface area (Å²) in [5, 5.41) is 8.93. The van der Waals surface area contributed by atoms with Crippen molar-refractivity contribution in [3.05, 3.63) is 53.3 Å². The van der Waals surface area contributed by atoms with E-state index in [-0.39, 0.29) is 5.41 Å². The van der Waals surface area contributed by atoms with E-state index in [1.165, 1.54) is 16.7 Å². The smallest absolute Gasteiger partial charge is 0.0797 e. The van der Waals surface area contributed by atoms with Crippen LogP contribution in [0.3, 0.4) is 0 Å². The number of rotatable bonds is 1. The van der Waals surface area contributed by atoms with Gasteiger partial charge in [0, 0.05) is 5.41 Å². The first-order valence-electron chi connectivity index (χ1n) is 5.21. The van der Waals surface area contributed by atoms with Crippen LogP contribution < -0.4 is 0 Å². The molecule has 1 aliphatic carbocycles. The van der Waals surface area contributed by atoms with Gasteiger partial charge >= 0.3 is 0 Å². The second-order valence-corrected chi connectivity index (χ2v) is 4.52. The molecule has 0 saturated heterocycles. The normalized spacial score (nSPS) is 18.6. The van der Waals surface area contributed by atoms with E-state index in [0.717, 1.165) is 11.8 Å². The van der Waals surface area contributed by atoms with Gasteiger partial charge in [0.25, 0.3) is 0 Å². The van der Waals surface area contributed by atoms with E-state index < -0.39 is 0 Å². The second kappa shape index (κ2) is 3.27. The lowest BCUT2D eigenvalue weighted by Gasteiger charge is -2.21. The minimum atomic E-state index is 0.0748. The van der Waals surface area contributed by atoms with Crippen LogP contribution in [0.25, 0.3) is 5.57 Å². The molecule has 0 saturated carbocycles. The Morgan fingerprint density at radius 3 is 2.53 bits per heavy atom. The molecule has 1 nitrogen and oxygen atoms in total. The van der Waals surface area contributed by atoms with Crippen LogP contribution in [0.4, 0.5) is 0 Å². The maximum atomic E-state index is 8.93. The molecule has 1 heteroatoms. The lowest BCUT2D eigenvalue weighted by atomic mass is 9.82. The van der Waals surface area contributed by atoms with E-state index in [2.05, 4.69) is 39.0 Å². The summed E-state index contributed by atoms with van der Waals surface area (Å²) in [4.78, 5) is 0. The van der Waals surface area contributed by atoms with Gasteiger partial charge in [-0.05, 0) is 29.7 Å². The topological polar surface area (TPSA) is 20.2 Å². The standard InChI is InChI=1S/C14H16O/c1-10-11(8-9-15)12-6-4-5-7-13(12)14(10,2)3/h4-9,15H,1-3H3/b9-8-. The maximum Gasteiger partial charge on any atom is 0.0797 e. The molecule has 0 atom stereocenters. The summed E-state index contributed by atoms with van der Waals surface area (Å²) in [7, 11) is 0. The third-order valence-corrected chi connectivity index (χ3v) is 3.47. The number of hydrogen-bond donors (Lipinski definition) is 1. The largest absolute Gasteiger partial charge is 0.516 e. The van der Waals surface area contributed by atoms with Crippen molar-refractivity contribution in [3.8, 4) is 0 Å². The molecule has 0 unspecified atom stereocenters. The lowest BCUT2D eigenvalue weighted by molar-refractivity contribution is 0.474. The highest BCUT2D eigenvalue weighted by Gasteiger charge is 2.33. The minimum Gasteiger partial charge on any atom is -0.516 e. The Balaban J connectivity index is 2.70. The molecule has 2 rings (SSSR count). The van der Waals surface area contributed by atoms with Crippen molar-refractivity contribution in [3.63, 3.8) is 0 Å². The van der Waals surface area contributed by atoms with Gasteiger partial charge in [0.05, 0.1) is 6.26 Å². The highest BCUT2D eigenvalue weighted by Crippen LogP contribution is 2.45. The highest BCUT2D eigenvalue weighted by atomic mass is 16.2. The molecule has 0 amide bonds. The van der Waals surface area contributed by atoms with Gasteiger partial charge in [-0.2, -0.15) is 0 Å². The summed E-state index contributed by atoms with van der Waals surface area (Å²) < 4.78 is 0. The van der Waals surface area contributed by atoms with Crippen molar-refractivity contribution in [2.75, 3.05) is 0 Å². The van der Waals surface area contributed by atoms with Crippen LogP contribution in [0.2, 0.25) is 0 Å². The van der Waals surface area contributed by atoms with E-state index in [1.807, 2.05) is 6.07 Å². The van der Waals surface area contributed by atoms with Gasteiger partial charge < -0.3 is 5.11 Å². The Bertz CT molecular complexity index is 450. The van der Waals surface area contributed by atoms with Crippen molar-refractivity contribution >= 4 is 5.57 Å². The zero-order valence-corrected chi connectivity index (χ0v) is 9.41. The molecule has 0 bridgehead atoms. The third kappa shape index (κ3) is 1.30. The highest BCUT2D eigenvalue weighted by molar-refractivity contribution is 5.85. The van der Waals surface area contributed by atoms with Crippen molar-refractivity contribution in [1.82, 2.24) is 0 Å². The SMILES string of the molecule is CC1=C(/C=C\O)c2ccccc2C1(C)C. The average molecular weight is 200 g/mol. The molecule has 78 valence electrons. The Labute approximate surface area is 90.8 Å². The third-order valence-electron chi connectivity index (χ3n) is 3.47. The molecule has 0 heterocycles. The predicted molar refractivity (Wildman–Crippen MR) is 63.8 cm³/mol. The Kier molecular flexibility index (Phi) is 2.18. The van der Waals surface area contributed by atoms with Gasteiger partial charge in [-0.3, -0.25) is 0 Å². The summed E-state index contributed by atoms with van der Waals surface area (Å²) in [6, 6.07) is 8.39. The van der Waals surface area contributed by atoms with Gasteiger partial charge in [0.1, 0.15) is 0 Å². The van der Waals surface area contributed by atoms with Crippen LogP contribution in [0.15, 0.2) is 42.2 Å². The molecule has 0 fully saturated rings. The van der Waals surface area contributed by atoms with Crippen LogP contribution in [0.1, 0.15) is 31.9 Å². The molecule has 1 aliphatic rings. The van der Waals surface area contributed by atoms with Gasteiger partial charge in [0.15, 0.2) is 0 Å². The summed E-state index contributed by atoms with van der Waals surface area (Å²) >= 11 is 0. The van der Waals surface area contributed by atoms with Crippen molar-refractivity contribution in [2.24, 2.45) is 0 Å². The first-order valence-corrected chi connectivity index (χ1v) is 5.21. The van der Waals surface area contributed by atoms with Crippen molar-refractivity contribution < 1.29 is 5.11 Å². The second-order valence-electron chi connectivity index (χ2n) is 4.52. The zero-order chi connectivity index (χ0) is 11.1. The number of hydrogen-bond acceptors (Lipinski definition) is 1. The first kappa shape index (κ1) is 10.0. The van der Waals surface area contributed by atoms with E-state index in [0.29, 0.717) is 0 Å². The molecule has 1 N–H and O–H groups in total. The molecular weight excluding hydrogens is 184 g/mol. The quantitative estimate of drug-likeness (QED) is 0.683. The minimum absolute atomic E-state index is 0.0748. The number of aliphatic hydroxyl groups excluding tert-OH is 1. The van der Waals surface area contributed by atoms with Crippen LogP contribution >= 0.6 is 0 Å². The molecule has 0 aromatic heterocycles. The van der Waals surface area contributed by atoms with E-state index >= 15 is 0 Å². The number of allylic oxidation sites excluding steroid dienone is 3. The first-order chi connectivity index (χ1) is 7.09. The number of benzene rings is 1. The molecule has 0 spiro atoms. The Hall–Kier alpha value is -1.50. The molecule has 0 radical (unpaired) electrons. The molecule has 1 aromatic rings. The van der Waals surface area contributed by atoms with Crippen LogP contribution in [-0.2, 0) is 5.41 Å². The molecular formula is C14H16O. The fourth-order valence-electron chi connectivity index (χ4n) is 2.29. The average Bonchev–Trinajstić information content (AvgIpc) is 2.42. The Morgan fingerprint density at radius 1 is 1.20 bits per heavy atom. The van der Waals surface area contributed by atoms with Crippen LogP contribution in [0, 0.1) is 0 Å². The van der Waals surface area contributed by atoms with Gasteiger partial charge in [-0.25, -0.2) is 0 Å². The monoisotopic (exact) mass is 200 g/mol. The van der Waals surface area contributed by atoms with Gasteiger partial charge in [0.2, 0.25) is 0 Å². The fourth-order valence-corrected chi connectivity index (χ4v) is 2.29.